The summed E-state index contributed by atoms with van der Waals surface area (Å²) >= 11 is 0. The third-order valence-corrected chi connectivity index (χ3v) is 6.29. The van der Waals surface area contributed by atoms with Crippen LogP contribution in [-0.2, 0) is 25.6 Å². The van der Waals surface area contributed by atoms with Gasteiger partial charge in [-0.25, -0.2) is 4.79 Å². The number of carbonyl (C=O) groups is 5. The second-order valence-electron chi connectivity index (χ2n) is 8.79. The molecule has 10 nitrogen and oxygen atoms in total. The van der Waals surface area contributed by atoms with E-state index in [4.69, 9.17) is 4.65 Å². The Hall–Kier alpha value is -3.21. The number of fused-ring (bicyclic) bond motifs is 1. The number of nitrogens with one attached hydrogen (secondary N) is 1. The summed E-state index contributed by atoms with van der Waals surface area (Å²) in [6.45, 7) is 5.58. The van der Waals surface area contributed by atoms with E-state index in [1.165, 1.54) is 11.8 Å². The SMILES string of the molecule is CCN1CCN(C(=O)NC(CCC(C)=O)C(=O)C[C@H]2Cc3cccc(C)c3OB2O)C(=O)C1=O. The van der Waals surface area contributed by atoms with Crippen LogP contribution in [0.3, 0.4) is 0 Å². The van der Waals surface area contributed by atoms with Crippen LogP contribution in [0.4, 0.5) is 4.79 Å². The van der Waals surface area contributed by atoms with E-state index < -0.39 is 36.8 Å². The molecule has 1 saturated heterocycles. The molecule has 1 aromatic carbocycles. The number of likely N-dealkylation sites (N-methyl/N-ethyl adjacent to an activating group) is 1. The number of piperazine rings is 1. The highest BCUT2D eigenvalue weighted by Gasteiger charge is 2.40. The van der Waals surface area contributed by atoms with Gasteiger partial charge in [-0.05, 0) is 44.7 Å². The van der Waals surface area contributed by atoms with E-state index in [9.17, 15) is 29.0 Å². The van der Waals surface area contributed by atoms with Gasteiger partial charge in [-0.15, -0.1) is 0 Å². The fraction of sp³-hybridized carbons (Fsp3) is 0.522. The molecular formula is C23H30BN3O7. The smallest absolute Gasteiger partial charge is 0.526 e. The molecule has 3 rings (SSSR count). The number of nitrogens with zero attached hydrogens (tertiary/aromatic N) is 2. The number of para-hydroxylation sites is 1. The molecule has 2 aliphatic heterocycles. The average Bonchev–Trinajstić information content (AvgIpc) is 2.79. The quantitative estimate of drug-likeness (QED) is 0.425. The summed E-state index contributed by atoms with van der Waals surface area (Å²) in [6, 6.07) is 3.73. The van der Waals surface area contributed by atoms with Crippen LogP contribution >= 0.6 is 0 Å². The maximum Gasteiger partial charge on any atom is 0.526 e. The summed E-state index contributed by atoms with van der Waals surface area (Å²) in [5.74, 6) is -2.19. The van der Waals surface area contributed by atoms with E-state index in [-0.39, 0.29) is 43.9 Å². The van der Waals surface area contributed by atoms with Crippen LogP contribution in [-0.4, -0.2) is 77.0 Å². The lowest BCUT2D eigenvalue weighted by Crippen LogP contribution is -2.59. The first kappa shape index (κ1) is 25.4. The zero-order valence-corrected chi connectivity index (χ0v) is 19.7. The fourth-order valence-corrected chi connectivity index (χ4v) is 4.27. The number of aryl methyl sites for hydroxylation is 1. The summed E-state index contributed by atoms with van der Waals surface area (Å²) < 4.78 is 5.64. The lowest BCUT2D eigenvalue weighted by atomic mass is 9.64. The molecule has 0 aromatic heterocycles. The summed E-state index contributed by atoms with van der Waals surface area (Å²) in [7, 11) is -1.19. The molecule has 1 aromatic rings. The Morgan fingerprint density at radius 1 is 1.24 bits per heavy atom. The van der Waals surface area contributed by atoms with Crippen LogP contribution in [0.25, 0.3) is 0 Å². The predicted molar refractivity (Wildman–Crippen MR) is 123 cm³/mol. The normalized spacial score (nSPS) is 18.8. The Morgan fingerprint density at radius 3 is 2.65 bits per heavy atom. The van der Waals surface area contributed by atoms with Gasteiger partial charge in [0, 0.05) is 38.3 Å². The van der Waals surface area contributed by atoms with E-state index in [2.05, 4.69) is 5.32 Å². The molecule has 11 heteroatoms. The minimum Gasteiger partial charge on any atom is -0.536 e. The molecule has 0 saturated carbocycles. The topological polar surface area (TPSA) is 133 Å². The summed E-state index contributed by atoms with van der Waals surface area (Å²) in [5.41, 5.74) is 1.76. The summed E-state index contributed by atoms with van der Waals surface area (Å²) in [6.07, 6.45) is 0.437. The maximum absolute atomic E-state index is 13.1. The molecule has 0 bridgehead atoms. The van der Waals surface area contributed by atoms with E-state index in [1.54, 1.807) is 6.92 Å². The number of hydrogen-bond donors (Lipinski definition) is 2. The zero-order chi connectivity index (χ0) is 25.0. The van der Waals surface area contributed by atoms with Gasteiger partial charge in [0.2, 0.25) is 0 Å². The average molecular weight is 471 g/mol. The third kappa shape index (κ3) is 5.64. The highest BCUT2D eigenvalue weighted by Crippen LogP contribution is 2.36. The van der Waals surface area contributed by atoms with Gasteiger partial charge in [-0.1, -0.05) is 18.2 Å². The van der Waals surface area contributed by atoms with E-state index in [0.29, 0.717) is 18.7 Å². The van der Waals surface area contributed by atoms with E-state index in [0.717, 1.165) is 16.0 Å². The number of Topliss-reactive ketones (excluding diaryl/α,β-unsaturated/α-hetero) is 2. The van der Waals surface area contributed by atoms with Crippen molar-refractivity contribution in [3.8, 4) is 5.75 Å². The predicted octanol–water partition coefficient (Wildman–Crippen LogP) is 0.878. The lowest BCUT2D eigenvalue weighted by molar-refractivity contribution is -0.153. The molecule has 0 aliphatic carbocycles. The van der Waals surface area contributed by atoms with Gasteiger partial charge in [0.1, 0.15) is 11.5 Å². The second-order valence-corrected chi connectivity index (χ2v) is 8.79. The molecule has 2 atom stereocenters. The first-order valence-electron chi connectivity index (χ1n) is 11.5. The van der Waals surface area contributed by atoms with Crippen molar-refractivity contribution in [3.05, 3.63) is 29.3 Å². The molecule has 0 spiro atoms. The minimum absolute atomic E-state index is 0.0170. The highest BCUT2D eigenvalue weighted by atomic mass is 16.5. The molecule has 2 N–H and O–H groups in total. The van der Waals surface area contributed by atoms with E-state index in [1.807, 2.05) is 25.1 Å². The minimum atomic E-state index is -1.19. The molecule has 2 aliphatic rings. The van der Waals surface area contributed by atoms with E-state index >= 15 is 0 Å². The Bertz CT molecular complexity index is 999. The second kappa shape index (κ2) is 10.8. The molecule has 182 valence electrons. The van der Waals surface area contributed by atoms with Crippen LogP contribution < -0.4 is 9.97 Å². The Balaban J connectivity index is 1.70. The number of urea groups is 1. The number of hydrogen-bond acceptors (Lipinski definition) is 7. The van der Waals surface area contributed by atoms with Gasteiger partial charge in [0.05, 0.1) is 6.04 Å². The Labute approximate surface area is 198 Å². The third-order valence-electron chi connectivity index (χ3n) is 6.29. The largest absolute Gasteiger partial charge is 0.536 e. The lowest BCUT2D eigenvalue weighted by Gasteiger charge is -2.33. The van der Waals surface area contributed by atoms with Gasteiger partial charge >= 0.3 is 25.0 Å². The van der Waals surface area contributed by atoms with Gasteiger partial charge < -0.3 is 24.7 Å². The van der Waals surface area contributed by atoms with Crippen molar-refractivity contribution in [3.63, 3.8) is 0 Å². The van der Waals surface area contributed by atoms with Crippen molar-refractivity contribution < 1.29 is 33.7 Å². The van der Waals surface area contributed by atoms with Crippen LogP contribution in [0.1, 0.15) is 44.2 Å². The van der Waals surface area contributed by atoms with Gasteiger partial charge in [-0.3, -0.25) is 19.3 Å². The van der Waals surface area contributed by atoms with Gasteiger partial charge in [0.25, 0.3) is 0 Å². The summed E-state index contributed by atoms with van der Waals surface area (Å²) in [5, 5.41) is 13.0. The Kier molecular flexibility index (Phi) is 8.09. The standard InChI is InChI=1S/C23H30BN3O7/c1-4-26-10-11-27(22(31)21(26)30)23(32)25-18(9-8-15(3)28)19(29)13-17-12-16-7-5-6-14(2)20(16)34-24(17)33/h5-7,17-18,33H,4,8-13H2,1-3H3,(H,25,32)/t17-,18?/m1/s1. The van der Waals surface area contributed by atoms with Crippen LogP contribution in [0.15, 0.2) is 18.2 Å². The number of rotatable bonds is 8. The molecule has 0 radical (unpaired) electrons. The van der Waals surface area contributed by atoms with Crippen LogP contribution in [0, 0.1) is 6.92 Å². The fourth-order valence-electron chi connectivity index (χ4n) is 4.27. The zero-order valence-electron chi connectivity index (χ0n) is 19.7. The number of benzene rings is 1. The maximum atomic E-state index is 13.1. The van der Waals surface area contributed by atoms with Crippen LogP contribution in [0.5, 0.6) is 5.75 Å². The van der Waals surface area contributed by atoms with Gasteiger partial charge in [-0.2, -0.15) is 0 Å². The van der Waals surface area contributed by atoms with Crippen LogP contribution in [0.2, 0.25) is 5.82 Å². The van der Waals surface area contributed by atoms with Crippen molar-refractivity contribution in [1.82, 2.24) is 15.1 Å². The van der Waals surface area contributed by atoms with Crippen molar-refractivity contribution in [2.45, 2.75) is 58.3 Å². The van der Waals surface area contributed by atoms with Crippen molar-refractivity contribution in [2.75, 3.05) is 19.6 Å². The number of ketones is 2. The van der Waals surface area contributed by atoms with Crippen molar-refractivity contribution >= 4 is 36.5 Å². The molecule has 1 fully saturated rings. The highest BCUT2D eigenvalue weighted by molar-refractivity contribution is 6.46. The first-order valence-corrected chi connectivity index (χ1v) is 11.5. The number of carbonyl (C=O) groups excluding carboxylic acids is 5. The molecule has 2 heterocycles. The van der Waals surface area contributed by atoms with Crippen molar-refractivity contribution in [2.24, 2.45) is 0 Å². The first-order chi connectivity index (χ1) is 16.1. The molecule has 1 unspecified atom stereocenters. The number of amides is 4. The van der Waals surface area contributed by atoms with Gasteiger partial charge in [0.15, 0.2) is 5.78 Å². The molecular weight excluding hydrogens is 441 g/mol. The summed E-state index contributed by atoms with van der Waals surface area (Å²) in [4.78, 5) is 64.1. The van der Waals surface area contributed by atoms with Crippen molar-refractivity contribution in [1.29, 1.82) is 0 Å². The molecule has 34 heavy (non-hydrogen) atoms. The number of imide groups is 1. The monoisotopic (exact) mass is 471 g/mol. The Morgan fingerprint density at radius 2 is 1.97 bits per heavy atom. The molecule has 4 amide bonds.